The lowest BCUT2D eigenvalue weighted by molar-refractivity contribution is 0.112. The highest BCUT2D eigenvalue weighted by Gasteiger charge is 2.00. The summed E-state index contributed by atoms with van der Waals surface area (Å²) in [6, 6.07) is 0. The van der Waals surface area contributed by atoms with Crippen molar-refractivity contribution in [2.75, 3.05) is 0 Å². The first-order valence-electron chi connectivity index (χ1n) is 3.30. The molecule has 0 unspecified atom stereocenters. The van der Waals surface area contributed by atoms with Crippen molar-refractivity contribution in [3.63, 3.8) is 0 Å². The van der Waals surface area contributed by atoms with Crippen LogP contribution >= 0.6 is 11.3 Å². The fourth-order valence-corrected chi connectivity index (χ4v) is 1.40. The minimum Gasteiger partial charge on any atom is -0.298 e. The molecule has 0 aromatic carbocycles. The van der Waals surface area contributed by atoms with Crippen molar-refractivity contribution in [1.29, 1.82) is 0 Å². The largest absolute Gasteiger partial charge is 0.298 e. The van der Waals surface area contributed by atoms with Crippen molar-refractivity contribution in [2.24, 2.45) is 0 Å². The number of hydrogen-bond acceptors (Lipinski definition) is 4. The third-order valence-electron chi connectivity index (χ3n) is 1.35. The second-order valence-electron chi connectivity index (χ2n) is 2.15. The van der Waals surface area contributed by atoms with Crippen molar-refractivity contribution < 1.29 is 4.79 Å². The predicted octanol–water partition coefficient (Wildman–Crippen LogP) is 1.14. The van der Waals surface area contributed by atoms with E-state index < -0.39 is 0 Å². The van der Waals surface area contributed by atoms with Crippen LogP contribution in [0.3, 0.4) is 0 Å². The number of aldehydes is 1. The maximum absolute atomic E-state index is 10.3. The van der Waals surface area contributed by atoms with Crippen LogP contribution in [0.15, 0.2) is 24.0 Å². The van der Waals surface area contributed by atoms with Crippen LogP contribution in [-0.4, -0.2) is 21.1 Å². The lowest BCUT2D eigenvalue weighted by Crippen LogP contribution is -1.91. The molecule has 2 aromatic rings. The van der Waals surface area contributed by atoms with Crippen LogP contribution in [0, 0.1) is 0 Å². The first-order chi connectivity index (χ1) is 5.90. The van der Waals surface area contributed by atoms with Gasteiger partial charge in [0.15, 0.2) is 6.29 Å². The van der Waals surface area contributed by atoms with Gasteiger partial charge in [-0.15, -0.1) is 11.3 Å². The Bertz CT molecular complexity index is 379. The van der Waals surface area contributed by atoms with E-state index in [1.807, 2.05) is 5.38 Å². The van der Waals surface area contributed by atoms with Gasteiger partial charge in [-0.2, -0.15) is 5.10 Å². The van der Waals surface area contributed by atoms with Gasteiger partial charge >= 0.3 is 0 Å². The Balaban J connectivity index is 2.41. The second kappa shape index (κ2) is 2.86. The Morgan fingerprint density at radius 3 is 3.08 bits per heavy atom. The molecule has 0 atom stereocenters. The zero-order valence-electron chi connectivity index (χ0n) is 6.04. The first kappa shape index (κ1) is 7.17. The minimum atomic E-state index is 0.560. The van der Waals surface area contributed by atoms with E-state index >= 15 is 0 Å². The van der Waals surface area contributed by atoms with Gasteiger partial charge < -0.3 is 0 Å². The van der Waals surface area contributed by atoms with Crippen LogP contribution in [0.5, 0.6) is 0 Å². The molecule has 0 amide bonds. The van der Waals surface area contributed by atoms with Crippen molar-refractivity contribution >= 4 is 17.6 Å². The van der Waals surface area contributed by atoms with E-state index in [1.54, 1.807) is 17.1 Å². The van der Waals surface area contributed by atoms with E-state index in [9.17, 15) is 4.79 Å². The van der Waals surface area contributed by atoms with Crippen molar-refractivity contribution in [1.82, 2.24) is 14.8 Å². The van der Waals surface area contributed by atoms with Crippen LogP contribution in [0.25, 0.3) is 5.13 Å². The summed E-state index contributed by atoms with van der Waals surface area (Å²) >= 11 is 1.47. The van der Waals surface area contributed by atoms with Gasteiger partial charge in [0.25, 0.3) is 0 Å². The van der Waals surface area contributed by atoms with Crippen LogP contribution in [0.4, 0.5) is 0 Å². The molecule has 0 bridgehead atoms. The molecule has 0 aliphatic carbocycles. The molecule has 0 spiro atoms. The van der Waals surface area contributed by atoms with Crippen molar-refractivity contribution in [3.8, 4) is 5.13 Å². The van der Waals surface area contributed by atoms with Crippen molar-refractivity contribution in [3.05, 3.63) is 29.5 Å². The van der Waals surface area contributed by atoms with E-state index in [0.717, 1.165) is 11.4 Å². The van der Waals surface area contributed by atoms with Gasteiger partial charge in [-0.05, 0) is 0 Å². The highest BCUT2D eigenvalue weighted by atomic mass is 32.1. The van der Waals surface area contributed by atoms with Gasteiger partial charge in [0, 0.05) is 17.8 Å². The molecule has 2 heterocycles. The molecular formula is C7H5N3OS. The predicted molar refractivity (Wildman–Crippen MR) is 44.6 cm³/mol. The van der Waals surface area contributed by atoms with E-state index in [0.29, 0.717) is 5.56 Å². The van der Waals surface area contributed by atoms with E-state index in [4.69, 9.17) is 0 Å². The summed E-state index contributed by atoms with van der Waals surface area (Å²) in [6.45, 7) is 0. The molecule has 0 saturated carbocycles. The number of aromatic nitrogens is 3. The fourth-order valence-electron chi connectivity index (χ4n) is 0.831. The summed E-state index contributed by atoms with van der Waals surface area (Å²) in [6.07, 6.45) is 5.61. The number of thiazole rings is 1. The summed E-state index contributed by atoms with van der Waals surface area (Å²) in [7, 11) is 0. The summed E-state index contributed by atoms with van der Waals surface area (Å²) < 4.78 is 1.58. The third-order valence-corrected chi connectivity index (χ3v) is 2.12. The molecule has 4 nitrogen and oxygen atoms in total. The highest BCUT2D eigenvalue weighted by Crippen LogP contribution is 2.09. The maximum Gasteiger partial charge on any atom is 0.210 e. The van der Waals surface area contributed by atoms with Gasteiger partial charge in [-0.1, -0.05) is 0 Å². The molecule has 0 saturated heterocycles. The lowest BCUT2D eigenvalue weighted by Gasteiger charge is -1.90. The van der Waals surface area contributed by atoms with Crippen LogP contribution in [-0.2, 0) is 0 Å². The first-order valence-corrected chi connectivity index (χ1v) is 4.18. The monoisotopic (exact) mass is 179 g/mol. The van der Waals surface area contributed by atoms with Crippen LogP contribution in [0.2, 0.25) is 0 Å². The standard InChI is InChI=1S/C7H5N3OS/c11-5-6-3-9-10(4-6)7-8-1-2-12-7/h1-5H. The fraction of sp³-hybridized carbons (Fsp3) is 0. The average molecular weight is 179 g/mol. The molecule has 0 radical (unpaired) electrons. The number of carbonyl (C=O) groups excluding carboxylic acids is 1. The topological polar surface area (TPSA) is 47.8 Å². The summed E-state index contributed by atoms with van der Waals surface area (Å²) in [4.78, 5) is 14.4. The Morgan fingerprint density at radius 2 is 2.50 bits per heavy atom. The van der Waals surface area contributed by atoms with E-state index in [1.165, 1.54) is 17.5 Å². The molecule has 60 valence electrons. The van der Waals surface area contributed by atoms with Gasteiger partial charge in [-0.3, -0.25) is 4.79 Å². The van der Waals surface area contributed by atoms with Gasteiger partial charge in [-0.25, -0.2) is 9.67 Å². The zero-order chi connectivity index (χ0) is 8.39. The highest BCUT2D eigenvalue weighted by molar-refractivity contribution is 7.12. The molecule has 2 aromatic heterocycles. The van der Waals surface area contributed by atoms with E-state index in [-0.39, 0.29) is 0 Å². The molecule has 12 heavy (non-hydrogen) atoms. The Labute approximate surface area is 72.5 Å². The smallest absolute Gasteiger partial charge is 0.210 e. The van der Waals surface area contributed by atoms with Crippen LogP contribution < -0.4 is 0 Å². The third kappa shape index (κ3) is 1.14. The maximum atomic E-state index is 10.3. The normalized spacial score (nSPS) is 10.0. The molecule has 2 rings (SSSR count). The second-order valence-corrected chi connectivity index (χ2v) is 3.02. The van der Waals surface area contributed by atoms with Gasteiger partial charge in [0.2, 0.25) is 5.13 Å². The van der Waals surface area contributed by atoms with Crippen LogP contribution in [0.1, 0.15) is 10.4 Å². The van der Waals surface area contributed by atoms with Gasteiger partial charge in [0.1, 0.15) is 0 Å². The Morgan fingerprint density at radius 1 is 1.58 bits per heavy atom. The Kier molecular flexibility index (Phi) is 1.71. The molecular weight excluding hydrogens is 174 g/mol. The quantitative estimate of drug-likeness (QED) is 0.649. The van der Waals surface area contributed by atoms with Gasteiger partial charge in [0.05, 0.1) is 11.8 Å². The van der Waals surface area contributed by atoms with Crippen molar-refractivity contribution in [2.45, 2.75) is 0 Å². The zero-order valence-corrected chi connectivity index (χ0v) is 6.86. The van der Waals surface area contributed by atoms with E-state index in [2.05, 4.69) is 10.1 Å². The molecule has 0 aliphatic heterocycles. The summed E-state index contributed by atoms with van der Waals surface area (Å²) in [5, 5.41) is 6.59. The summed E-state index contributed by atoms with van der Waals surface area (Å²) in [5.74, 6) is 0. The lowest BCUT2D eigenvalue weighted by atomic mass is 10.4. The Hall–Kier alpha value is -1.49. The number of carbonyl (C=O) groups is 1. The number of nitrogens with zero attached hydrogens (tertiary/aromatic N) is 3. The molecule has 0 N–H and O–H groups in total. The average Bonchev–Trinajstić information content (AvgIpc) is 2.75. The number of rotatable bonds is 2. The number of hydrogen-bond donors (Lipinski definition) is 0. The SMILES string of the molecule is O=Cc1cnn(-c2nccs2)c1. The molecule has 0 aliphatic rings. The molecule has 5 heteroatoms. The minimum absolute atomic E-state index is 0.560. The summed E-state index contributed by atoms with van der Waals surface area (Å²) in [5.41, 5.74) is 0.560. The molecule has 0 fully saturated rings.